The van der Waals surface area contributed by atoms with E-state index in [1.165, 1.54) is 13.3 Å². The number of halogens is 1. The minimum atomic E-state index is -0.477. The molecule has 31 heavy (non-hydrogen) atoms. The van der Waals surface area contributed by atoms with E-state index in [9.17, 15) is 4.79 Å². The van der Waals surface area contributed by atoms with Crippen LogP contribution < -0.4 is 19.5 Å². The van der Waals surface area contributed by atoms with E-state index in [-0.39, 0.29) is 18.5 Å². The zero-order chi connectivity index (χ0) is 21.8. The van der Waals surface area contributed by atoms with Gasteiger partial charge in [0.1, 0.15) is 5.56 Å². The Morgan fingerprint density at radius 2 is 1.68 bits per heavy atom. The minimum absolute atomic E-state index is 0. The largest absolute Gasteiger partial charge is 0.493 e. The second-order valence-electron chi connectivity index (χ2n) is 6.86. The molecule has 9 heteroatoms. The van der Waals surface area contributed by atoms with E-state index in [1.807, 2.05) is 19.1 Å². The average molecular weight is 448 g/mol. The van der Waals surface area contributed by atoms with Crippen molar-refractivity contribution in [3.05, 3.63) is 41.7 Å². The van der Waals surface area contributed by atoms with Gasteiger partial charge < -0.3 is 24.3 Å². The van der Waals surface area contributed by atoms with Crippen LogP contribution in [0.3, 0.4) is 0 Å². The molecule has 0 amide bonds. The fraction of sp³-hybridized carbons (Fsp3) is 0.318. The molecule has 0 aliphatic rings. The van der Waals surface area contributed by atoms with Gasteiger partial charge in [-0.3, -0.25) is 0 Å². The quantitative estimate of drug-likeness (QED) is 0.521. The number of carbonyl (C=O) groups is 1. The van der Waals surface area contributed by atoms with Gasteiger partial charge >= 0.3 is 5.97 Å². The Morgan fingerprint density at radius 1 is 1.03 bits per heavy atom. The summed E-state index contributed by atoms with van der Waals surface area (Å²) in [5, 5.41) is 3.98. The maximum Gasteiger partial charge on any atom is 0.342 e. The number of pyridine rings is 2. The maximum absolute atomic E-state index is 12.7. The summed E-state index contributed by atoms with van der Waals surface area (Å²) in [7, 11) is 4.62. The van der Waals surface area contributed by atoms with Gasteiger partial charge in [0.05, 0.1) is 33.1 Å². The van der Waals surface area contributed by atoms with Gasteiger partial charge in [0, 0.05) is 35.1 Å². The van der Waals surface area contributed by atoms with Crippen LogP contribution >= 0.6 is 12.4 Å². The number of nitrogens with one attached hydrogen (secondary N) is 1. The van der Waals surface area contributed by atoms with Crippen molar-refractivity contribution < 1.29 is 23.7 Å². The first-order valence-corrected chi connectivity index (χ1v) is 9.42. The molecule has 2 aromatic heterocycles. The van der Waals surface area contributed by atoms with E-state index >= 15 is 0 Å². The molecule has 0 bridgehead atoms. The predicted molar refractivity (Wildman–Crippen MR) is 121 cm³/mol. The lowest BCUT2D eigenvalue weighted by atomic mass is 10.1. The molecule has 1 N–H and O–H groups in total. The van der Waals surface area contributed by atoms with Crippen LogP contribution in [0.5, 0.6) is 17.2 Å². The third-order valence-electron chi connectivity index (χ3n) is 4.37. The van der Waals surface area contributed by atoms with Gasteiger partial charge in [0.25, 0.3) is 0 Å². The van der Waals surface area contributed by atoms with Crippen molar-refractivity contribution >= 4 is 40.8 Å². The fourth-order valence-electron chi connectivity index (χ4n) is 3.04. The first-order chi connectivity index (χ1) is 14.4. The lowest BCUT2D eigenvalue weighted by Crippen LogP contribution is -2.14. The number of rotatable bonds is 7. The number of aromatic nitrogens is 2. The topological polar surface area (TPSA) is 91.8 Å². The van der Waals surface area contributed by atoms with Gasteiger partial charge in [-0.05, 0) is 32.9 Å². The van der Waals surface area contributed by atoms with E-state index in [1.54, 1.807) is 40.2 Å². The molecule has 0 saturated heterocycles. The van der Waals surface area contributed by atoms with Crippen molar-refractivity contribution in [1.29, 1.82) is 0 Å². The zero-order valence-corrected chi connectivity index (χ0v) is 19.1. The van der Waals surface area contributed by atoms with Crippen LogP contribution in [0.2, 0.25) is 0 Å². The van der Waals surface area contributed by atoms with Crippen LogP contribution in [0.15, 0.2) is 30.5 Å². The van der Waals surface area contributed by atoms with Gasteiger partial charge in [0.2, 0.25) is 5.75 Å². The number of benzene rings is 1. The number of methoxy groups -OCH3 is 3. The minimum Gasteiger partial charge on any atom is -0.493 e. The summed E-state index contributed by atoms with van der Waals surface area (Å²) in [6.45, 7) is 5.47. The Hall–Kier alpha value is -3.26. The highest BCUT2D eigenvalue weighted by Crippen LogP contribution is 2.41. The summed E-state index contributed by atoms with van der Waals surface area (Å²) in [4.78, 5) is 21.5. The summed E-state index contributed by atoms with van der Waals surface area (Å²) < 4.78 is 21.6. The summed E-state index contributed by atoms with van der Waals surface area (Å²) in [5.74, 6) is 0.966. The molecule has 3 rings (SSSR count). The Balaban J connectivity index is 0.00000341. The lowest BCUT2D eigenvalue weighted by Gasteiger charge is -2.18. The number of anilines is 2. The monoisotopic (exact) mass is 447 g/mol. The van der Waals surface area contributed by atoms with Crippen molar-refractivity contribution in [1.82, 2.24) is 9.97 Å². The molecule has 166 valence electrons. The number of hydrogen-bond donors (Lipinski definition) is 1. The molecule has 0 spiro atoms. The SMILES string of the molecule is COc1cc(Nc2c(C(=O)OC(C)C)cnc3nc(C)ccc23)cc(OC)c1OC.Cl. The first kappa shape index (κ1) is 24.0. The van der Waals surface area contributed by atoms with E-state index in [0.29, 0.717) is 45.2 Å². The number of carbonyl (C=O) groups excluding carboxylic acids is 1. The van der Waals surface area contributed by atoms with E-state index < -0.39 is 5.97 Å². The third kappa shape index (κ3) is 5.08. The molecule has 0 aliphatic carbocycles. The molecule has 0 unspecified atom stereocenters. The van der Waals surface area contributed by atoms with Gasteiger partial charge in [0.15, 0.2) is 17.1 Å². The Labute approximate surface area is 187 Å². The van der Waals surface area contributed by atoms with Gasteiger partial charge in [-0.25, -0.2) is 14.8 Å². The number of aryl methyl sites for hydroxylation is 1. The second-order valence-corrected chi connectivity index (χ2v) is 6.86. The smallest absolute Gasteiger partial charge is 0.342 e. The highest BCUT2D eigenvalue weighted by atomic mass is 35.5. The first-order valence-electron chi connectivity index (χ1n) is 9.42. The van der Waals surface area contributed by atoms with E-state index in [2.05, 4.69) is 15.3 Å². The van der Waals surface area contributed by atoms with Crippen molar-refractivity contribution in [2.75, 3.05) is 26.6 Å². The summed E-state index contributed by atoms with van der Waals surface area (Å²) in [6.07, 6.45) is 1.21. The van der Waals surface area contributed by atoms with Crippen LogP contribution in [0.1, 0.15) is 29.9 Å². The van der Waals surface area contributed by atoms with Crippen molar-refractivity contribution in [3.63, 3.8) is 0 Å². The molecule has 0 radical (unpaired) electrons. The summed E-state index contributed by atoms with van der Waals surface area (Å²) in [6, 6.07) is 7.25. The molecule has 2 heterocycles. The molecule has 8 nitrogen and oxygen atoms in total. The number of ether oxygens (including phenoxy) is 4. The van der Waals surface area contributed by atoms with Gasteiger partial charge in [-0.15, -0.1) is 12.4 Å². The molecule has 3 aromatic rings. The van der Waals surface area contributed by atoms with Crippen LogP contribution in [-0.2, 0) is 4.74 Å². The highest BCUT2D eigenvalue weighted by Gasteiger charge is 2.20. The Bertz CT molecular complexity index is 1060. The highest BCUT2D eigenvalue weighted by molar-refractivity contribution is 6.05. The molecule has 1 aromatic carbocycles. The molecule has 0 fully saturated rings. The van der Waals surface area contributed by atoms with Crippen molar-refractivity contribution in [2.45, 2.75) is 26.9 Å². The zero-order valence-electron chi connectivity index (χ0n) is 18.3. The molecule has 0 saturated carbocycles. The Morgan fingerprint density at radius 3 is 2.23 bits per heavy atom. The molecule has 0 aliphatic heterocycles. The number of esters is 1. The van der Waals surface area contributed by atoms with Crippen LogP contribution in [-0.4, -0.2) is 43.4 Å². The van der Waals surface area contributed by atoms with E-state index in [4.69, 9.17) is 18.9 Å². The molecule has 0 atom stereocenters. The maximum atomic E-state index is 12.7. The van der Waals surface area contributed by atoms with Crippen LogP contribution in [0.4, 0.5) is 11.4 Å². The van der Waals surface area contributed by atoms with E-state index in [0.717, 1.165) is 5.69 Å². The van der Waals surface area contributed by atoms with Crippen LogP contribution in [0.25, 0.3) is 11.0 Å². The van der Waals surface area contributed by atoms with Gasteiger partial charge in [-0.1, -0.05) is 0 Å². The molecular weight excluding hydrogens is 422 g/mol. The predicted octanol–water partition coefficient (Wildman–Crippen LogP) is 4.69. The summed E-state index contributed by atoms with van der Waals surface area (Å²) in [5.41, 5.74) is 2.82. The van der Waals surface area contributed by atoms with Gasteiger partial charge in [-0.2, -0.15) is 0 Å². The van der Waals surface area contributed by atoms with Crippen molar-refractivity contribution in [3.8, 4) is 17.2 Å². The second kappa shape index (κ2) is 10.2. The number of nitrogens with zero attached hydrogens (tertiary/aromatic N) is 2. The number of hydrogen-bond acceptors (Lipinski definition) is 8. The lowest BCUT2D eigenvalue weighted by molar-refractivity contribution is 0.0379. The summed E-state index contributed by atoms with van der Waals surface area (Å²) >= 11 is 0. The average Bonchev–Trinajstić information content (AvgIpc) is 2.72. The molecular formula is C22H26ClN3O5. The van der Waals surface area contributed by atoms with Crippen molar-refractivity contribution in [2.24, 2.45) is 0 Å². The normalized spacial score (nSPS) is 10.4. The fourth-order valence-corrected chi connectivity index (χ4v) is 3.04. The third-order valence-corrected chi connectivity index (χ3v) is 4.37. The Kier molecular flexibility index (Phi) is 7.88. The number of fused-ring (bicyclic) bond motifs is 1. The van der Waals surface area contributed by atoms with Crippen LogP contribution in [0, 0.1) is 6.92 Å². The standard InChI is InChI=1S/C22H25N3O5.ClH/c1-12(2)30-22(26)16-11-23-21-15(8-7-13(3)24-21)19(16)25-14-9-17(27-4)20(29-6)18(10-14)28-5;/h7-12H,1-6H3,(H,23,24,25);1H.